The number of methoxy groups -OCH3 is 1. The number of likely N-dealkylation sites (tertiary alicyclic amines) is 1. The minimum atomic E-state index is -0.256. The Morgan fingerprint density at radius 1 is 1.29 bits per heavy atom. The molecule has 0 unspecified atom stereocenters. The van der Waals surface area contributed by atoms with E-state index in [-0.39, 0.29) is 11.3 Å². The molecule has 0 saturated carbocycles. The summed E-state index contributed by atoms with van der Waals surface area (Å²) in [6.45, 7) is 2.34. The number of fused-ring (bicyclic) bond motifs is 2. The Morgan fingerprint density at radius 3 is 2.89 bits per heavy atom. The SMILES string of the molecule is COc1ccc(-c2n[nH]c3c2COC[C@@]32CCN(C(=O)c3ccco3)C2)cc1. The Kier molecular flexibility index (Phi) is 3.98. The Hall–Kier alpha value is -3.06. The summed E-state index contributed by atoms with van der Waals surface area (Å²) in [6.07, 6.45) is 2.35. The van der Waals surface area contributed by atoms with Gasteiger partial charge in [-0.15, -0.1) is 0 Å². The molecule has 3 aromatic rings. The second-order valence-electron chi connectivity index (χ2n) is 7.38. The largest absolute Gasteiger partial charge is 0.497 e. The van der Waals surface area contributed by atoms with Crippen molar-refractivity contribution in [3.05, 3.63) is 59.7 Å². The normalized spacial score (nSPS) is 21.1. The number of hydrogen-bond acceptors (Lipinski definition) is 5. The average Bonchev–Trinajstić information content (AvgIpc) is 3.48. The van der Waals surface area contributed by atoms with E-state index in [0.717, 1.165) is 34.7 Å². The maximum atomic E-state index is 12.7. The molecule has 0 bridgehead atoms. The van der Waals surface area contributed by atoms with Gasteiger partial charge >= 0.3 is 0 Å². The molecular formula is C21H21N3O4. The maximum Gasteiger partial charge on any atom is 0.289 e. The Balaban J connectivity index is 1.45. The predicted octanol–water partition coefficient (Wildman–Crippen LogP) is 2.99. The maximum absolute atomic E-state index is 12.7. The van der Waals surface area contributed by atoms with E-state index in [2.05, 4.69) is 10.2 Å². The number of furan rings is 1. The number of carbonyl (C=O) groups excluding carboxylic acids is 1. The van der Waals surface area contributed by atoms with Gasteiger partial charge in [0.25, 0.3) is 5.91 Å². The minimum Gasteiger partial charge on any atom is -0.497 e. The highest BCUT2D eigenvalue weighted by Crippen LogP contribution is 2.42. The standard InChI is InChI=1S/C21H21N3O4/c1-26-15-6-4-14(5-7-15)18-16-11-27-13-21(19(16)23-22-18)8-9-24(12-21)20(25)17-3-2-10-28-17/h2-7,10H,8-9,11-13H2,1H3,(H,22,23)/t21-/m0/s1. The van der Waals surface area contributed by atoms with Gasteiger partial charge in [0, 0.05) is 24.2 Å². The summed E-state index contributed by atoms with van der Waals surface area (Å²) in [6, 6.07) is 11.3. The lowest BCUT2D eigenvalue weighted by Gasteiger charge is -2.32. The third-order valence-electron chi connectivity index (χ3n) is 5.76. The quantitative estimate of drug-likeness (QED) is 0.757. The summed E-state index contributed by atoms with van der Waals surface area (Å²) in [5.74, 6) is 1.10. The first kappa shape index (κ1) is 17.1. The lowest BCUT2D eigenvalue weighted by atomic mass is 9.80. The van der Waals surface area contributed by atoms with E-state index in [1.54, 1.807) is 19.2 Å². The summed E-state index contributed by atoms with van der Waals surface area (Å²) < 4.78 is 16.5. The molecule has 2 aromatic heterocycles. The lowest BCUT2D eigenvalue weighted by Crippen LogP contribution is -2.40. The molecular weight excluding hydrogens is 358 g/mol. The summed E-state index contributed by atoms with van der Waals surface area (Å²) in [5, 5.41) is 7.85. The van der Waals surface area contributed by atoms with Crippen molar-refractivity contribution in [2.24, 2.45) is 0 Å². The highest BCUT2D eigenvalue weighted by Gasteiger charge is 2.47. The summed E-state index contributed by atoms with van der Waals surface area (Å²) in [7, 11) is 1.65. The molecule has 4 heterocycles. The number of H-pyrrole nitrogens is 1. The predicted molar refractivity (Wildman–Crippen MR) is 101 cm³/mol. The number of hydrogen-bond donors (Lipinski definition) is 1. The fourth-order valence-corrected chi connectivity index (χ4v) is 4.28. The topological polar surface area (TPSA) is 80.6 Å². The number of rotatable bonds is 3. The Labute approximate surface area is 162 Å². The molecule has 7 heteroatoms. The smallest absolute Gasteiger partial charge is 0.289 e. The number of ether oxygens (including phenoxy) is 2. The van der Waals surface area contributed by atoms with E-state index in [0.29, 0.717) is 32.1 Å². The van der Waals surface area contributed by atoms with Crippen molar-refractivity contribution in [1.29, 1.82) is 0 Å². The summed E-state index contributed by atoms with van der Waals surface area (Å²) in [4.78, 5) is 14.5. The van der Waals surface area contributed by atoms with E-state index in [1.165, 1.54) is 6.26 Å². The monoisotopic (exact) mass is 379 g/mol. The number of nitrogens with zero attached hydrogens (tertiary/aromatic N) is 2. The molecule has 5 rings (SSSR count). The van der Waals surface area contributed by atoms with Gasteiger partial charge < -0.3 is 18.8 Å². The third-order valence-corrected chi connectivity index (χ3v) is 5.76. The molecule has 1 aromatic carbocycles. The van der Waals surface area contributed by atoms with Crippen LogP contribution < -0.4 is 4.74 Å². The van der Waals surface area contributed by atoms with Crippen molar-refractivity contribution in [3.63, 3.8) is 0 Å². The molecule has 1 fully saturated rings. The zero-order chi connectivity index (χ0) is 19.1. The van der Waals surface area contributed by atoms with Crippen molar-refractivity contribution in [1.82, 2.24) is 15.1 Å². The zero-order valence-electron chi connectivity index (χ0n) is 15.6. The van der Waals surface area contributed by atoms with Gasteiger partial charge in [0.05, 0.1) is 43.4 Å². The van der Waals surface area contributed by atoms with Crippen molar-refractivity contribution >= 4 is 5.91 Å². The summed E-state index contributed by atoms with van der Waals surface area (Å²) >= 11 is 0. The minimum absolute atomic E-state index is 0.0797. The number of benzene rings is 1. The number of amides is 1. The van der Waals surface area contributed by atoms with Crippen molar-refractivity contribution in [3.8, 4) is 17.0 Å². The second kappa shape index (κ2) is 6.53. The van der Waals surface area contributed by atoms with Crippen molar-refractivity contribution < 1.29 is 18.7 Å². The van der Waals surface area contributed by atoms with Crippen LogP contribution in [0.3, 0.4) is 0 Å². The third kappa shape index (κ3) is 2.62. The number of aromatic nitrogens is 2. The highest BCUT2D eigenvalue weighted by atomic mass is 16.5. The van der Waals surface area contributed by atoms with Crippen LogP contribution in [-0.2, 0) is 16.8 Å². The van der Waals surface area contributed by atoms with Gasteiger partial charge in [0.1, 0.15) is 5.75 Å². The van der Waals surface area contributed by atoms with Crippen LogP contribution in [0.2, 0.25) is 0 Å². The van der Waals surface area contributed by atoms with Gasteiger partial charge in [0.15, 0.2) is 5.76 Å². The van der Waals surface area contributed by atoms with Crippen LogP contribution >= 0.6 is 0 Å². The first-order valence-electron chi connectivity index (χ1n) is 9.33. The Morgan fingerprint density at radius 2 is 2.14 bits per heavy atom. The van der Waals surface area contributed by atoms with E-state index in [9.17, 15) is 4.79 Å². The van der Waals surface area contributed by atoms with Gasteiger partial charge in [0.2, 0.25) is 0 Å². The van der Waals surface area contributed by atoms with Crippen LogP contribution in [0.4, 0.5) is 0 Å². The first-order chi connectivity index (χ1) is 13.7. The lowest BCUT2D eigenvalue weighted by molar-refractivity contribution is 0.0493. The molecule has 0 aliphatic carbocycles. The number of aromatic amines is 1. The molecule has 1 N–H and O–H groups in total. The number of nitrogens with one attached hydrogen (secondary N) is 1. The van der Waals surface area contributed by atoms with E-state index < -0.39 is 0 Å². The molecule has 7 nitrogen and oxygen atoms in total. The fourth-order valence-electron chi connectivity index (χ4n) is 4.28. The average molecular weight is 379 g/mol. The van der Waals surface area contributed by atoms with Crippen LogP contribution in [0.25, 0.3) is 11.3 Å². The molecule has 2 aliphatic heterocycles. The molecule has 144 valence electrons. The van der Waals surface area contributed by atoms with Gasteiger partial charge in [-0.3, -0.25) is 9.89 Å². The molecule has 1 saturated heterocycles. The fraction of sp³-hybridized carbons (Fsp3) is 0.333. The van der Waals surface area contributed by atoms with Crippen LogP contribution in [0.1, 0.15) is 28.2 Å². The van der Waals surface area contributed by atoms with Gasteiger partial charge in [-0.1, -0.05) is 0 Å². The second-order valence-corrected chi connectivity index (χ2v) is 7.38. The van der Waals surface area contributed by atoms with Crippen LogP contribution in [-0.4, -0.2) is 47.8 Å². The molecule has 1 amide bonds. The van der Waals surface area contributed by atoms with Gasteiger partial charge in [-0.25, -0.2) is 0 Å². The van der Waals surface area contributed by atoms with Gasteiger partial charge in [-0.2, -0.15) is 5.10 Å². The Bertz CT molecular complexity index is 993. The molecule has 1 spiro atoms. The van der Waals surface area contributed by atoms with Crippen LogP contribution in [0.5, 0.6) is 5.75 Å². The van der Waals surface area contributed by atoms with E-state index in [4.69, 9.17) is 13.9 Å². The molecule has 1 atom stereocenters. The van der Waals surface area contributed by atoms with Crippen LogP contribution in [0, 0.1) is 0 Å². The molecule has 28 heavy (non-hydrogen) atoms. The zero-order valence-corrected chi connectivity index (χ0v) is 15.6. The highest BCUT2D eigenvalue weighted by molar-refractivity contribution is 5.91. The molecule has 2 aliphatic rings. The molecule has 0 radical (unpaired) electrons. The van der Waals surface area contributed by atoms with Crippen molar-refractivity contribution in [2.75, 3.05) is 26.8 Å². The van der Waals surface area contributed by atoms with Crippen molar-refractivity contribution in [2.45, 2.75) is 18.4 Å². The number of carbonyl (C=O) groups is 1. The first-order valence-corrected chi connectivity index (χ1v) is 9.33. The van der Waals surface area contributed by atoms with Gasteiger partial charge in [-0.05, 0) is 42.8 Å². The summed E-state index contributed by atoms with van der Waals surface area (Å²) in [5.41, 5.74) is 3.81. The van der Waals surface area contributed by atoms with E-state index >= 15 is 0 Å². The van der Waals surface area contributed by atoms with Crippen LogP contribution in [0.15, 0.2) is 47.1 Å². The van der Waals surface area contributed by atoms with E-state index in [1.807, 2.05) is 29.2 Å².